The minimum Gasteiger partial charge on any atom is -0.358 e. The first-order valence-electron chi connectivity index (χ1n) is 2.13. The van der Waals surface area contributed by atoms with E-state index in [-0.39, 0.29) is 6.54 Å². The van der Waals surface area contributed by atoms with Gasteiger partial charge in [-0.1, -0.05) is 0 Å². The fraction of sp³-hybridized carbons (Fsp3) is 0.500. The Morgan fingerprint density at radius 3 is 2.00 bits per heavy atom. The van der Waals surface area contributed by atoms with E-state index in [9.17, 15) is 13.2 Å². The average Bonchev–Trinajstić information content (AvgIpc) is 1.67. The van der Waals surface area contributed by atoms with Crippen molar-refractivity contribution in [2.45, 2.75) is 6.92 Å². The molecule has 0 unspecified atom stereocenters. The zero-order valence-corrected chi connectivity index (χ0v) is 4.34. The minimum absolute atomic E-state index is 0.170. The molecule has 0 fully saturated rings. The first-order chi connectivity index (χ1) is 3.68. The van der Waals surface area contributed by atoms with Crippen LogP contribution < -0.4 is 5.32 Å². The second-order valence-electron chi connectivity index (χ2n) is 1.10. The number of nitrogens with one attached hydrogen (secondary N) is 1. The van der Waals surface area contributed by atoms with Crippen LogP contribution >= 0.6 is 0 Å². The van der Waals surface area contributed by atoms with Gasteiger partial charge in [-0.25, -0.2) is 0 Å². The Kier molecular flexibility index (Phi) is 3.07. The summed E-state index contributed by atoms with van der Waals surface area (Å²) in [6.45, 7) is 1.70. The van der Waals surface area contributed by atoms with Crippen LogP contribution in [0.2, 0.25) is 0 Å². The normalized spacial score (nSPS) is 8.50. The SMILES string of the molecule is CCNC(F)=C(F)F. The van der Waals surface area contributed by atoms with Crippen molar-refractivity contribution in [1.29, 1.82) is 0 Å². The van der Waals surface area contributed by atoms with E-state index in [0.29, 0.717) is 0 Å². The highest BCUT2D eigenvalue weighted by molar-refractivity contribution is 4.87. The van der Waals surface area contributed by atoms with Crippen molar-refractivity contribution >= 4 is 0 Å². The van der Waals surface area contributed by atoms with Gasteiger partial charge in [0, 0.05) is 6.54 Å². The maximum atomic E-state index is 11.5. The highest BCUT2D eigenvalue weighted by Gasteiger charge is 1.99. The Morgan fingerprint density at radius 1 is 1.38 bits per heavy atom. The van der Waals surface area contributed by atoms with Gasteiger partial charge in [0.05, 0.1) is 0 Å². The standard InChI is InChI=1S/C4H6F3N/c1-2-8-4(7)3(5)6/h8H,2H2,1H3. The van der Waals surface area contributed by atoms with E-state index in [2.05, 4.69) is 0 Å². The van der Waals surface area contributed by atoms with Gasteiger partial charge in [-0.15, -0.1) is 0 Å². The molecule has 0 saturated carbocycles. The molecule has 0 rings (SSSR count). The van der Waals surface area contributed by atoms with Crippen LogP contribution in [0.15, 0.2) is 12.0 Å². The van der Waals surface area contributed by atoms with Crippen molar-refractivity contribution in [3.63, 3.8) is 0 Å². The lowest BCUT2D eigenvalue weighted by Crippen LogP contribution is -2.08. The van der Waals surface area contributed by atoms with Gasteiger partial charge in [0.1, 0.15) is 0 Å². The van der Waals surface area contributed by atoms with E-state index in [4.69, 9.17) is 0 Å². The third-order valence-electron chi connectivity index (χ3n) is 0.498. The fourth-order valence-electron chi connectivity index (χ4n) is 0.222. The van der Waals surface area contributed by atoms with Gasteiger partial charge >= 0.3 is 6.08 Å². The molecule has 0 amide bonds. The lowest BCUT2D eigenvalue weighted by atomic mass is 10.7. The maximum Gasteiger partial charge on any atom is 0.322 e. The summed E-state index contributed by atoms with van der Waals surface area (Å²) in [6.07, 6.45) is -2.30. The molecule has 0 aromatic heterocycles. The van der Waals surface area contributed by atoms with Crippen molar-refractivity contribution < 1.29 is 13.2 Å². The van der Waals surface area contributed by atoms with Crippen LogP contribution in [0.5, 0.6) is 0 Å². The summed E-state index contributed by atoms with van der Waals surface area (Å²) in [5.41, 5.74) is 0. The third kappa shape index (κ3) is 2.49. The summed E-state index contributed by atoms with van der Waals surface area (Å²) in [4.78, 5) is 0. The van der Waals surface area contributed by atoms with Crippen LogP contribution in [0.25, 0.3) is 0 Å². The van der Waals surface area contributed by atoms with E-state index < -0.39 is 12.0 Å². The monoisotopic (exact) mass is 125 g/mol. The molecule has 48 valence electrons. The fourth-order valence-corrected chi connectivity index (χ4v) is 0.222. The summed E-state index contributed by atoms with van der Waals surface area (Å²) in [5.74, 6) is -1.53. The van der Waals surface area contributed by atoms with Gasteiger partial charge in [0.2, 0.25) is 0 Å². The van der Waals surface area contributed by atoms with Gasteiger partial charge < -0.3 is 5.32 Å². The molecule has 0 spiro atoms. The molecule has 0 aliphatic heterocycles. The second-order valence-corrected chi connectivity index (χ2v) is 1.10. The lowest BCUT2D eigenvalue weighted by molar-refractivity contribution is 0.361. The quantitative estimate of drug-likeness (QED) is 0.553. The molecule has 1 nitrogen and oxygen atoms in total. The van der Waals surface area contributed by atoms with Crippen LogP contribution in [0.1, 0.15) is 6.92 Å². The minimum atomic E-state index is -2.30. The number of halogens is 3. The molecule has 0 bridgehead atoms. The highest BCUT2D eigenvalue weighted by atomic mass is 19.3. The molecule has 0 aliphatic rings. The van der Waals surface area contributed by atoms with Gasteiger partial charge in [0.15, 0.2) is 0 Å². The average molecular weight is 125 g/mol. The van der Waals surface area contributed by atoms with Crippen molar-refractivity contribution in [2.75, 3.05) is 6.54 Å². The van der Waals surface area contributed by atoms with E-state index in [1.807, 2.05) is 5.32 Å². The van der Waals surface area contributed by atoms with E-state index in [0.717, 1.165) is 0 Å². The third-order valence-corrected chi connectivity index (χ3v) is 0.498. The first-order valence-corrected chi connectivity index (χ1v) is 2.13. The molecular weight excluding hydrogens is 119 g/mol. The van der Waals surface area contributed by atoms with Gasteiger partial charge in [-0.3, -0.25) is 0 Å². The van der Waals surface area contributed by atoms with Crippen LogP contribution in [0, 0.1) is 0 Å². The lowest BCUT2D eigenvalue weighted by Gasteiger charge is -1.93. The second kappa shape index (κ2) is 3.35. The zero-order chi connectivity index (χ0) is 6.57. The van der Waals surface area contributed by atoms with E-state index in [1.165, 1.54) is 6.92 Å². The van der Waals surface area contributed by atoms with Crippen LogP contribution in [-0.2, 0) is 0 Å². The molecule has 1 N–H and O–H groups in total. The summed E-state index contributed by atoms with van der Waals surface area (Å²) in [6, 6.07) is 0. The first kappa shape index (κ1) is 7.33. The van der Waals surface area contributed by atoms with Gasteiger partial charge in [-0.2, -0.15) is 13.2 Å². The molecule has 0 aliphatic carbocycles. The Labute approximate surface area is 45.2 Å². The van der Waals surface area contributed by atoms with Crippen molar-refractivity contribution in [1.82, 2.24) is 5.32 Å². The predicted molar refractivity (Wildman–Crippen MR) is 24.0 cm³/mol. The van der Waals surface area contributed by atoms with Crippen molar-refractivity contribution in [3.8, 4) is 0 Å². The Morgan fingerprint density at radius 2 is 1.88 bits per heavy atom. The Balaban J connectivity index is 3.62. The summed E-state index contributed by atoms with van der Waals surface area (Å²) < 4.78 is 33.7. The predicted octanol–water partition coefficient (Wildman–Crippen LogP) is 1.63. The van der Waals surface area contributed by atoms with Crippen molar-refractivity contribution in [3.05, 3.63) is 12.0 Å². The molecule has 8 heavy (non-hydrogen) atoms. The van der Waals surface area contributed by atoms with Gasteiger partial charge in [-0.05, 0) is 6.92 Å². The number of hydrogen-bond donors (Lipinski definition) is 1. The maximum absolute atomic E-state index is 11.5. The number of rotatable bonds is 2. The number of hydrogen-bond acceptors (Lipinski definition) is 1. The Bertz CT molecular complexity index is 95.5. The zero-order valence-electron chi connectivity index (χ0n) is 4.34. The molecule has 0 atom stereocenters. The van der Waals surface area contributed by atoms with Crippen LogP contribution in [-0.4, -0.2) is 6.54 Å². The summed E-state index contributed by atoms with van der Waals surface area (Å²) >= 11 is 0. The summed E-state index contributed by atoms with van der Waals surface area (Å²) in [7, 11) is 0. The highest BCUT2D eigenvalue weighted by Crippen LogP contribution is 2.03. The molecule has 0 aromatic carbocycles. The van der Waals surface area contributed by atoms with E-state index in [1.54, 1.807) is 0 Å². The van der Waals surface area contributed by atoms with Crippen LogP contribution in [0.4, 0.5) is 13.2 Å². The molecular formula is C4H6F3N. The molecule has 0 radical (unpaired) electrons. The molecule has 0 saturated heterocycles. The van der Waals surface area contributed by atoms with Crippen molar-refractivity contribution in [2.24, 2.45) is 0 Å². The largest absolute Gasteiger partial charge is 0.358 e. The molecule has 0 heterocycles. The smallest absolute Gasteiger partial charge is 0.322 e. The molecule has 4 heteroatoms. The topological polar surface area (TPSA) is 12.0 Å². The molecule has 0 aromatic rings. The van der Waals surface area contributed by atoms with Gasteiger partial charge in [0.25, 0.3) is 5.95 Å². The van der Waals surface area contributed by atoms with E-state index >= 15 is 0 Å². The van der Waals surface area contributed by atoms with Crippen LogP contribution in [0.3, 0.4) is 0 Å². The summed E-state index contributed by atoms with van der Waals surface area (Å²) in [5, 5.41) is 1.81. The Hall–Kier alpha value is -0.670.